The fourth-order valence-corrected chi connectivity index (χ4v) is 4.09. The van der Waals surface area contributed by atoms with Gasteiger partial charge in [-0.1, -0.05) is 6.92 Å². The van der Waals surface area contributed by atoms with Crippen LogP contribution in [0.5, 0.6) is 0 Å². The fraction of sp³-hybridized carbons (Fsp3) is 0.778. The van der Waals surface area contributed by atoms with Gasteiger partial charge in [-0.15, -0.1) is 0 Å². The van der Waals surface area contributed by atoms with Gasteiger partial charge in [-0.2, -0.15) is 5.10 Å². The molecule has 0 saturated carbocycles. The molecular formula is C18H30N4O. The maximum absolute atomic E-state index is 13.0. The first-order valence-corrected chi connectivity index (χ1v) is 9.02. The zero-order valence-corrected chi connectivity index (χ0v) is 15.0. The summed E-state index contributed by atoms with van der Waals surface area (Å²) in [5.41, 5.74) is 0.640. The Morgan fingerprint density at radius 3 is 2.57 bits per heavy atom. The van der Waals surface area contributed by atoms with Crippen molar-refractivity contribution in [3.05, 3.63) is 18.0 Å². The molecule has 0 aromatic carbocycles. The van der Waals surface area contributed by atoms with Gasteiger partial charge in [0.25, 0.3) is 5.91 Å². The zero-order valence-electron chi connectivity index (χ0n) is 15.0. The molecule has 2 atom stereocenters. The number of likely N-dealkylation sites (tertiary alicyclic amines) is 2. The van der Waals surface area contributed by atoms with Gasteiger partial charge < -0.3 is 4.90 Å². The highest BCUT2D eigenvalue weighted by atomic mass is 16.2. The number of carbonyl (C=O) groups excluding carboxylic acids is 1. The van der Waals surface area contributed by atoms with Crippen LogP contribution < -0.4 is 0 Å². The molecule has 2 fully saturated rings. The molecule has 2 saturated heterocycles. The van der Waals surface area contributed by atoms with Crippen LogP contribution in [0.1, 0.15) is 63.7 Å². The SMILES string of the molecule is CCN1CCC[C@H]1[C@H]1CCCN1C(=O)c1cnn(C(C)(C)C)c1. The highest BCUT2D eigenvalue weighted by Gasteiger charge is 2.39. The van der Waals surface area contributed by atoms with E-state index in [2.05, 4.69) is 42.6 Å². The Kier molecular flexibility index (Phi) is 4.50. The fourth-order valence-electron chi connectivity index (χ4n) is 4.09. The third-order valence-electron chi connectivity index (χ3n) is 5.34. The second kappa shape index (κ2) is 6.27. The second-order valence-electron chi connectivity index (χ2n) is 7.89. The average Bonchev–Trinajstić information content (AvgIpc) is 3.23. The van der Waals surface area contributed by atoms with E-state index >= 15 is 0 Å². The van der Waals surface area contributed by atoms with Gasteiger partial charge in [-0.05, 0) is 59.5 Å². The van der Waals surface area contributed by atoms with Gasteiger partial charge in [0.1, 0.15) is 0 Å². The molecule has 0 spiro atoms. The molecule has 0 aliphatic carbocycles. The molecule has 1 aromatic heterocycles. The topological polar surface area (TPSA) is 41.4 Å². The first-order valence-electron chi connectivity index (χ1n) is 9.02. The van der Waals surface area contributed by atoms with Crippen molar-refractivity contribution in [2.24, 2.45) is 0 Å². The largest absolute Gasteiger partial charge is 0.334 e. The van der Waals surface area contributed by atoms with E-state index in [1.807, 2.05) is 10.9 Å². The first-order chi connectivity index (χ1) is 10.9. The van der Waals surface area contributed by atoms with Crippen molar-refractivity contribution in [2.45, 2.75) is 71.0 Å². The summed E-state index contributed by atoms with van der Waals surface area (Å²) in [6.45, 7) is 11.7. The summed E-state index contributed by atoms with van der Waals surface area (Å²) >= 11 is 0. The molecule has 23 heavy (non-hydrogen) atoms. The number of likely N-dealkylation sites (N-methyl/N-ethyl adjacent to an activating group) is 1. The molecule has 1 aromatic rings. The van der Waals surface area contributed by atoms with E-state index in [0.29, 0.717) is 12.1 Å². The van der Waals surface area contributed by atoms with Crippen molar-refractivity contribution in [3.63, 3.8) is 0 Å². The molecular weight excluding hydrogens is 288 g/mol. The average molecular weight is 318 g/mol. The van der Waals surface area contributed by atoms with Crippen LogP contribution in [0.15, 0.2) is 12.4 Å². The van der Waals surface area contributed by atoms with Gasteiger partial charge in [0.05, 0.1) is 17.3 Å². The quantitative estimate of drug-likeness (QED) is 0.860. The number of aromatic nitrogens is 2. The Morgan fingerprint density at radius 2 is 1.91 bits per heavy atom. The minimum absolute atomic E-state index is 0.0899. The molecule has 3 heterocycles. The molecule has 0 radical (unpaired) electrons. The number of nitrogens with zero attached hydrogens (tertiary/aromatic N) is 4. The Labute approximate surface area is 139 Å². The van der Waals surface area contributed by atoms with Crippen molar-refractivity contribution in [1.29, 1.82) is 0 Å². The standard InChI is InChI=1S/C18H30N4O/c1-5-20-10-6-8-15(20)16-9-7-11-21(16)17(23)14-12-19-22(13-14)18(2,3)4/h12-13,15-16H,5-11H2,1-4H3/t15-,16+/m0/s1. The molecule has 0 N–H and O–H groups in total. The Bertz CT molecular complexity index is 560. The predicted molar refractivity (Wildman–Crippen MR) is 91.6 cm³/mol. The Hall–Kier alpha value is -1.36. The summed E-state index contributed by atoms with van der Waals surface area (Å²) in [6.07, 6.45) is 8.39. The molecule has 0 bridgehead atoms. The summed E-state index contributed by atoms with van der Waals surface area (Å²) in [5, 5.41) is 4.39. The van der Waals surface area contributed by atoms with Crippen LogP contribution in [0.25, 0.3) is 0 Å². The third kappa shape index (κ3) is 3.16. The highest BCUT2D eigenvalue weighted by molar-refractivity contribution is 5.94. The van der Waals surface area contributed by atoms with E-state index in [9.17, 15) is 4.79 Å². The Morgan fingerprint density at radius 1 is 1.22 bits per heavy atom. The van der Waals surface area contributed by atoms with E-state index in [1.165, 1.54) is 19.4 Å². The summed E-state index contributed by atoms with van der Waals surface area (Å²) in [4.78, 5) is 17.7. The van der Waals surface area contributed by atoms with Crippen LogP contribution in [0.3, 0.4) is 0 Å². The molecule has 128 valence electrons. The molecule has 5 nitrogen and oxygen atoms in total. The smallest absolute Gasteiger partial charge is 0.257 e. The van der Waals surface area contributed by atoms with Gasteiger partial charge in [-0.25, -0.2) is 0 Å². The Balaban J connectivity index is 1.77. The monoisotopic (exact) mass is 318 g/mol. The normalized spacial score (nSPS) is 26.2. The number of hydrogen-bond donors (Lipinski definition) is 0. The lowest BCUT2D eigenvalue weighted by molar-refractivity contribution is 0.0649. The zero-order chi connectivity index (χ0) is 16.6. The number of amides is 1. The molecule has 1 amide bonds. The van der Waals surface area contributed by atoms with Crippen molar-refractivity contribution in [3.8, 4) is 0 Å². The summed E-state index contributed by atoms with van der Waals surface area (Å²) in [7, 11) is 0. The van der Waals surface area contributed by atoms with Crippen molar-refractivity contribution in [2.75, 3.05) is 19.6 Å². The number of rotatable bonds is 3. The predicted octanol–water partition coefficient (Wildman–Crippen LogP) is 2.73. The summed E-state index contributed by atoms with van der Waals surface area (Å²) in [5.74, 6) is 0.158. The lowest BCUT2D eigenvalue weighted by Gasteiger charge is -2.34. The molecule has 3 rings (SSSR count). The van der Waals surface area contributed by atoms with Gasteiger partial charge in [0.2, 0.25) is 0 Å². The van der Waals surface area contributed by atoms with Gasteiger partial charge >= 0.3 is 0 Å². The van der Waals surface area contributed by atoms with Crippen molar-refractivity contribution < 1.29 is 4.79 Å². The maximum atomic E-state index is 13.0. The molecule has 2 aliphatic heterocycles. The lowest BCUT2D eigenvalue weighted by Crippen LogP contribution is -2.48. The highest BCUT2D eigenvalue weighted by Crippen LogP contribution is 2.31. The minimum Gasteiger partial charge on any atom is -0.334 e. The summed E-state index contributed by atoms with van der Waals surface area (Å²) < 4.78 is 1.89. The van der Waals surface area contributed by atoms with E-state index in [4.69, 9.17) is 0 Å². The minimum atomic E-state index is -0.0899. The van der Waals surface area contributed by atoms with E-state index in [-0.39, 0.29) is 11.4 Å². The van der Waals surface area contributed by atoms with Gasteiger partial charge in [0.15, 0.2) is 0 Å². The lowest BCUT2D eigenvalue weighted by atomic mass is 10.0. The van der Waals surface area contributed by atoms with Crippen molar-refractivity contribution >= 4 is 5.91 Å². The number of hydrogen-bond acceptors (Lipinski definition) is 3. The van der Waals surface area contributed by atoms with E-state index < -0.39 is 0 Å². The van der Waals surface area contributed by atoms with Crippen LogP contribution in [-0.4, -0.2) is 57.2 Å². The second-order valence-corrected chi connectivity index (χ2v) is 7.89. The van der Waals surface area contributed by atoms with Gasteiger partial charge in [0, 0.05) is 24.8 Å². The van der Waals surface area contributed by atoms with Gasteiger partial charge in [-0.3, -0.25) is 14.4 Å². The summed E-state index contributed by atoms with van der Waals surface area (Å²) in [6, 6.07) is 0.923. The van der Waals surface area contributed by atoms with Crippen molar-refractivity contribution in [1.82, 2.24) is 19.6 Å². The molecule has 0 unspecified atom stereocenters. The van der Waals surface area contributed by atoms with Crippen LogP contribution in [0.4, 0.5) is 0 Å². The number of carbonyl (C=O) groups is 1. The maximum Gasteiger partial charge on any atom is 0.257 e. The molecule has 5 heteroatoms. The van der Waals surface area contributed by atoms with Crippen LogP contribution in [0, 0.1) is 0 Å². The van der Waals surface area contributed by atoms with Crippen LogP contribution >= 0.6 is 0 Å². The van der Waals surface area contributed by atoms with Crippen LogP contribution in [-0.2, 0) is 5.54 Å². The first kappa shape index (κ1) is 16.5. The third-order valence-corrected chi connectivity index (χ3v) is 5.34. The van der Waals surface area contributed by atoms with E-state index in [1.54, 1.807) is 6.20 Å². The molecule has 2 aliphatic rings. The van der Waals surface area contributed by atoms with Crippen LogP contribution in [0.2, 0.25) is 0 Å². The van der Waals surface area contributed by atoms with E-state index in [0.717, 1.165) is 31.5 Å².